The van der Waals surface area contributed by atoms with Crippen molar-refractivity contribution in [3.63, 3.8) is 0 Å². The number of esters is 1. The number of carbonyl (C=O) groups excluding carboxylic acids is 2. The second kappa shape index (κ2) is 8.10. The lowest BCUT2D eigenvalue weighted by atomic mass is 10.2. The van der Waals surface area contributed by atoms with Crippen LogP contribution in [-0.4, -0.2) is 37.5 Å². The van der Waals surface area contributed by atoms with Crippen LogP contribution < -0.4 is 4.74 Å². The summed E-state index contributed by atoms with van der Waals surface area (Å²) in [5.74, 6) is -0.621. The average Bonchev–Trinajstić information content (AvgIpc) is 2.61. The number of benzene rings is 2. The lowest BCUT2D eigenvalue weighted by Gasteiger charge is -2.18. The highest BCUT2D eigenvalue weighted by molar-refractivity contribution is 5.89. The minimum absolute atomic E-state index is 0.163. The number of ether oxygens (including phenoxy) is 2. The molecule has 0 atom stereocenters. The second-order valence-electron chi connectivity index (χ2n) is 5.15. The van der Waals surface area contributed by atoms with Crippen molar-refractivity contribution in [3.8, 4) is 5.75 Å². The van der Waals surface area contributed by atoms with Gasteiger partial charge in [0.2, 0.25) is 0 Å². The first kappa shape index (κ1) is 17.5. The third kappa shape index (κ3) is 4.55. The highest BCUT2D eigenvalue weighted by Gasteiger charge is 2.12. The van der Waals surface area contributed by atoms with Crippen LogP contribution in [0, 0.1) is 5.82 Å². The average molecular weight is 331 g/mol. The predicted molar refractivity (Wildman–Crippen MR) is 86.2 cm³/mol. The quantitative estimate of drug-likeness (QED) is 0.764. The van der Waals surface area contributed by atoms with E-state index < -0.39 is 5.97 Å². The molecule has 0 saturated carbocycles. The molecular weight excluding hydrogens is 313 g/mol. The van der Waals surface area contributed by atoms with Crippen LogP contribution in [0.25, 0.3) is 0 Å². The molecule has 5 nitrogen and oxygen atoms in total. The van der Waals surface area contributed by atoms with E-state index in [1.54, 1.807) is 49.5 Å². The Labute approximate surface area is 139 Å². The summed E-state index contributed by atoms with van der Waals surface area (Å²) in [7, 11) is 2.88. The normalized spacial score (nSPS) is 10.1. The second-order valence-corrected chi connectivity index (χ2v) is 5.15. The van der Waals surface area contributed by atoms with Gasteiger partial charge in [-0.15, -0.1) is 0 Å². The van der Waals surface area contributed by atoms with E-state index in [1.165, 1.54) is 18.1 Å². The van der Waals surface area contributed by atoms with Gasteiger partial charge < -0.3 is 14.4 Å². The Balaban J connectivity index is 1.88. The molecule has 0 aromatic heterocycles. The van der Waals surface area contributed by atoms with Gasteiger partial charge in [-0.25, -0.2) is 9.18 Å². The fourth-order valence-corrected chi connectivity index (χ4v) is 2.03. The summed E-state index contributed by atoms with van der Waals surface area (Å²) in [6.07, 6.45) is 0. The monoisotopic (exact) mass is 331 g/mol. The number of hydrogen-bond acceptors (Lipinski definition) is 4. The van der Waals surface area contributed by atoms with E-state index in [-0.39, 0.29) is 24.9 Å². The molecule has 1 amide bonds. The van der Waals surface area contributed by atoms with Crippen LogP contribution in [-0.2, 0) is 16.1 Å². The number of likely N-dealkylation sites (N-methyl/N-ethyl adjacent to an activating group) is 1. The smallest absolute Gasteiger partial charge is 0.337 e. The zero-order chi connectivity index (χ0) is 17.5. The van der Waals surface area contributed by atoms with Gasteiger partial charge in [0.05, 0.1) is 12.7 Å². The molecule has 6 heteroatoms. The topological polar surface area (TPSA) is 55.8 Å². The van der Waals surface area contributed by atoms with Crippen molar-refractivity contribution < 1.29 is 23.5 Å². The summed E-state index contributed by atoms with van der Waals surface area (Å²) < 4.78 is 23.6. The van der Waals surface area contributed by atoms with Gasteiger partial charge >= 0.3 is 5.97 Å². The van der Waals surface area contributed by atoms with E-state index in [2.05, 4.69) is 4.74 Å². The largest absolute Gasteiger partial charge is 0.484 e. The minimum atomic E-state index is -0.442. The summed E-state index contributed by atoms with van der Waals surface area (Å²) in [4.78, 5) is 24.8. The van der Waals surface area contributed by atoms with Crippen LogP contribution in [0.1, 0.15) is 15.9 Å². The molecule has 2 aromatic rings. The SMILES string of the molecule is COC(=O)c1ccc(OCC(=O)N(C)Cc2ccccc2F)cc1. The summed E-state index contributed by atoms with van der Waals surface area (Å²) in [6, 6.07) is 12.6. The predicted octanol–water partition coefficient (Wildman–Crippen LogP) is 2.65. The van der Waals surface area contributed by atoms with Gasteiger partial charge in [0.1, 0.15) is 11.6 Å². The summed E-state index contributed by atoms with van der Waals surface area (Å²) >= 11 is 0. The molecule has 2 rings (SSSR count). The summed E-state index contributed by atoms with van der Waals surface area (Å²) in [5, 5.41) is 0. The van der Waals surface area contributed by atoms with Crippen molar-refractivity contribution in [3.05, 3.63) is 65.5 Å². The van der Waals surface area contributed by atoms with Crippen molar-refractivity contribution in [1.82, 2.24) is 4.90 Å². The Hall–Kier alpha value is -2.89. The van der Waals surface area contributed by atoms with Crippen LogP contribution >= 0.6 is 0 Å². The molecule has 0 saturated heterocycles. The number of nitrogens with zero attached hydrogens (tertiary/aromatic N) is 1. The molecule has 2 aromatic carbocycles. The third-order valence-corrected chi connectivity index (χ3v) is 3.43. The lowest BCUT2D eigenvalue weighted by molar-refractivity contribution is -0.132. The zero-order valence-electron chi connectivity index (χ0n) is 13.5. The maximum absolute atomic E-state index is 13.6. The molecular formula is C18H18FNO4. The van der Waals surface area contributed by atoms with E-state index in [1.807, 2.05) is 0 Å². The van der Waals surface area contributed by atoms with E-state index in [0.717, 1.165) is 0 Å². The molecule has 0 aliphatic rings. The van der Waals surface area contributed by atoms with Crippen molar-refractivity contribution in [2.45, 2.75) is 6.54 Å². The molecule has 0 aliphatic heterocycles. The van der Waals surface area contributed by atoms with Gasteiger partial charge in [-0.05, 0) is 30.3 Å². The molecule has 0 radical (unpaired) electrons. The molecule has 0 aliphatic carbocycles. The minimum Gasteiger partial charge on any atom is -0.484 e. The summed E-state index contributed by atoms with van der Waals surface area (Å²) in [5.41, 5.74) is 0.837. The molecule has 0 fully saturated rings. The Morgan fingerprint density at radius 2 is 1.75 bits per heavy atom. The molecule has 0 bridgehead atoms. The van der Waals surface area contributed by atoms with Crippen molar-refractivity contribution in [2.24, 2.45) is 0 Å². The first-order chi connectivity index (χ1) is 11.5. The van der Waals surface area contributed by atoms with Crippen LogP contribution in [0.2, 0.25) is 0 Å². The highest BCUT2D eigenvalue weighted by Crippen LogP contribution is 2.13. The van der Waals surface area contributed by atoms with Crippen LogP contribution in [0.5, 0.6) is 5.75 Å². The van der Waals surface area contributed by atoms with E-state index in [9.17, 15) is 14.0 Å². The van der Waals surface area contributed by atoms with Crippen molar-refractivity contribution in [1.29, 1.82) is 0 Å². The molecule has 0 unspecified atom stereocenters. The van der Waals surface area contributed by atoms with Gasteiger partial charge in [0, 0.05) is 19.2 Å². The van der Waals surface area contributed by atoms with E-state index >= 15 is 0 Å². The number of halogens is 1. The Bertz CT molecular complexity index is 715. The molecule has 24 heavy (non-hydrogen) atoms. The number of rotatable bonds is 6. The van der Waals surface area contributed by atoms with E-state index in [4.69, 9.17) is 4.74 Å². The van der Waals surface area contributed by atoms with Crippen molar-refractivity contribution >= 4 is 11.9 Å². The first-order valence-corrected chi connectivity index (χ1v) is 7.30. The molecule has 0 spiro atoms. The van der Waals surface area contributed by atoms with Crippen LogP contribution in [0.4, 0.5) is 4.39 Å². The van der Waals surface area contributed by atoms with Crippen LogP contribution in [0.3, 0.4) is 0 Å². The Morgan fingerprint density at radius 3 is 2.38 bits per heavy atom. The third-order valence-electron chi connectivity index (χ3n) is 3.43. The fraction of sp³-hybridized carbons (Fsp3) is 0.222. The maximum atomic E-state index is 13.6. The molecule has 0 N–H and O–H groups in total. The van der Waals surface area contributed by atoms with Crippen LogP contribution in [0.15, 0.2) is 48.5 Å². The number of carbonyl (C=O) groups is 2. The van der Waals surface area contributed by atoms with Gasteiger partial charge in [0.15, 0.2) is 6.61 Å². The molecule has 126 valence electrons. The Kier molecular flexibility index (Phi) is 5.89. The molecule has 0 heterocycles. The van der Waals surface area contributed by atoms with Crippen molar-refractivity contribution in [2.75, 3.05) is 20.8 Å². The maximum Gasteiger partial charge on any atom is 0.337 e. The summed E-state index contributed by atoms with van der Waals surface area (Å²) in [6.45, 7) is -0.0152. The lowest BCUT2D eigenvalue weighted by Crippen LogP contribution is -2.31. The van der Waals surface area contributed by atoms with Gasteiger partial charge in [-0.2, -0.15) is 0 Å². The van der Waals surface area contributed by atoms with Gasteiger partial charge in [0.25, 0.3) is 5.91 Å². The number of hydrogen-bond donors (Lipinski definition) is 0. The first-order valence-electron chi connectivity index (χ1n) is 7.30. The van der Waals surface area contributed by atoms with Gasteiger partial charge in [-0.1, -0.05) is 18.2 Å². The number of amides is 1. The highest BCUT2D eigenvalue weighted by atomic mass is 19.1. The Morgan fingerprint density at radius 1 is 1.08 bits per heavy atom. The van der Waals surface area contributed by atoms with Gasteiger partial charge in [-0.3, -0.25) is 4.79 Å². The standard InChI is InChI=1S/C18H18FNO4/c1-20(11-14-5-3-4-6-16(14)19)17(21)12-24-15-9-7-13(8-10-15)18(22)23-2/h3-10H,11-12H2,1-2H3. The fourth-order valence-electron chi connectivity index (χ4n) is 2.03. The van der Waals surface area contributed by atoms with E-state index in [0.29, 0.717) is 16.9 Å². The number of methoxy groups -OCH3 is 1. The zero-order valence-corrected chi connectivity index (χ0v) is 13.5.